The van der Waals surface area contributed by atoms with Crippen LogP contribution in [0.5, 0.6) is 11.5 Å². The van der Waals surface area contributed by atoms with Gasteiger partial charge in [-0.15, -0.1) is 0 Å². The van der Waals surface area contributed by atoms with Crippen LogP contribution in [0.4, 0.5) is 0 Å². The summed E-state index contributed by atoms with van der Waals surface area (Å²) in [5.41, 5.74) is 3.02. The first-order valence-electron chi connectivity index (χ1n) is 10.1. The first-order chi connectivity index (χ1) is 14.5. The van der Waals surface area contributed by atoms with Gasteiger partial charge in [-0.2, -0.15) is 4.31 Å². The normalized spacial score (nSPS) is 12.7. The molecular weight excluding hydrogens is 416 g/mol. The minimum absolute atomic E-state index is 0.101. The highest BCUT2D eigenvalue weighted by Crippen LogP contribution is 2.32. The number of sulfonamides is 1. The second-order valence-electron chi connectivity index (χ2n) is 7.83. The molecule has 1 amide bonds. The molecule has 170 valence electrons. The highest BCUT2D eigenvalue weighted by atomic mass is 32.2. The zero-order valence-corrected chi connectivity index (χ0v) is 20.0. The lowest BCUT2D eigenvalue weighted by atomic mass is 9.93. The van der Waals surface area contributed by atoms with Crippen molar-refractivity contribution in [3.8, 4) is 11.5 Å². The Balaban J connectivity index is 2.13. The summed E-state index contributed by atoms with van der Waals surface area (Å²) in [6, 6.07) is 9.78. The second-order valence-corrected chi connectivity index (χ2v) is 9.88. The highest BCUT2D eigenvalue weighted by molar-refractivity contribution is 7.89. The van der Waals surface area contributed by atoms with Gasteiger partial charge in [0.05, 0.1) is 31.7 Å². The summed E-state index contributed by atoms with van der Waals surface area (Å²) in [6.45, 7) is 7.73. The number of nitrogens with one attached hydrogen (secondary N) is 1. The number of carbonyl (C=O) groups is 1. The molecule has 0 saturated carbocycles. The van der Waals surface area contributed by atoms with Crippen LogP contribution in [0.2, 0.25) is 0 Å². The fourth-order valence-corrected chi connectivity index (χ4v) is 4.52. The maximum absolute atomic E-state index is 12.8. The summed E-state index contributed by atoms with van der Waals surface area (Å²) >= 11 is 0. The summed E-state index contributed by atoms with van der Waals surface area (Å²) in [7, 11) is 0.747. The van der Waals surface area contributed by atoms with E-state index in [0.717, 1.165) is 26.7 Å². The second kappa shape index (κ2) is 10.2. The van der Waals surface area contributed by atoms with Crippen molar-refractivity contribution in [2.24, 2.45) is 0 Å². The Kier molecular flexibility index (Phi) is 8.08. The van der Waals surface area contributed by atoms with Crippen molar-refractivity contribution < 1.29 is 22.7 Å². The Morgan fingerprint density at radius 2 is 1.65 bits per heavy atom. The topological polar surface area (TPSA) is 84.9 Å². The lowest BCUT2D eigenvalue weighted by molar-refractivity contribution is -0.121. The number of hydrogen-bond donors (Lipinski definition) is 1. The fourth-order valence-electron chi connectivity index (χ4n) is 3.39. The third-order valence-electron chi connectivity index (χ3n) is 5.22. The zero-order valence-electron chi connectivity index (χ0n) is 19.2. The molecule has 0 aromatic heterocycles. The number of aryl methyl sites for hydroxylation is 1. The molecule has 1 atom stereocenters. The molecule has 0 unspecified atom stereocenters. The zero-order chi connectivity index (χ0) is 23.3. The van der Waals surface area contributed by atoms with E-state index in [2.05, 4.69) is 19.2 Å². The van der Waals surface area contributed by atoms with E-state index in [1.165, 1.54) is 26.3 Å². The van der Waals surface area contributed by atoms with E-state index < -0.39 is 10.0 Å². The molecular formula is C23H32N2O5S. The van der Waals surface area contributed by atoms with E-state index >= 15 is 0 Å². The van der Waals surface area contributed by atoms with Crippen molar-refractivity contribution in [3.05, 3.63) is 53.1 Å². The molecule has 2 rings (SSSR count). The van der Waals surface area contributed by atoms with Crippen LogP contribution >= 0.6 is 0 Å². The number of nitrogens with zero attached hydrogens (tertiary/aromatic N) is 1. The van der Waals surface area contributed by atoms with Crippen LogP contribution in [0.1, 0.15) is 49.4 Å². The minimum atomic E-state index is -3.79. The number of carbonyl (C=O) groups excluding carboxylic acids is 1. The van der Waals surface area contributed by atoms with Gasteiger partial charge in [0.25, 0.3) is 0 Å². The van der Waals surface area contributed by atoms with Gasteiger partial charge >= 0.3 is 0 Å². The monoisotopic (exact) mass is 448 g/mol. The molecule has 0 bridgehead atoms. The molecule has 0 aliphatic heterocycles. The molecule has 0 aliphatic rings. The van der Waals surface area contributed by atoms with Gasteiger partial charge in [-0.25, -0.2) is 8.42 Å². The van der Waals surface area contributed by atoms with Gasteiger partial charge in [-0.05, 0) is 72.9 Å². The van der Waals surface area contributed by atoms with Crippen LogP contribution in [-0.4, -0.2) is 46.4 Å². The van der Waals surface area contributed by atoms with Crippen molar-refractivity contribution in [3.63, 3.8) is 0 Å². The standard InChI is InChI=1S/C23H32N2O5S/c1-15(2)20-13-21(16(3)12-22(20)30-7)17(4)24-23(26)14-25(5)31(27,28)19-10-8-18(29-6)9-11-19/h8-13,15,17H,14H2,1-7H3,(H,24,26)/t17-/m1/s1. The number of amides is 1. The van der Waals surface area contributed by atoms with Gasteiger partial charge in [0.2, 0.25) is 15.9 Å². The van der Waals surface area contributed by atoms with Crippen LogP contribution < -0.4 is 14.8 Å². The number of likely N-dealkylation sites (N-methyl/N-ethyl adjacent to an activating group) is 1. The van der Waals surface area contributed by atoms with E-state index in [1.807, 2.05) is 26.0 Å². The molecule has 1 N–H and O–H groups in total. The summed E-state index contributed by atoms with van der Waals surface area (Å²) in [4.78, 5) is 12.7. The van der Waals surface area contributed by atoms with Crippen LogP contribution in [0.3, 0.4) is 0 Å². The van der Waals surface area contributed by atoms with Crippen molar-refractivity contribution >= 4 is 15.9 Å². The molecule has 2 aromatic rings. The van der Waals surface area contributed by atoms with Gasteiger partial charge in [-0.1, -0.05) is 13.8 Å². The number of benzene rings is 2. The van der Waals surface area contributed by atoms with E-state index in [1.54, 1.807) is 19.2 Å². The average molecular weight is 449 g/mol. The fraction of sp³-hybridized carbons (Fsp3) is 0.435. The lowest BCUT2D eigenvalue weighted by Crippen LogP contribution is -2.39. The van der Waals surface area contributed by atoms with E-state index in [0.29, 0.717) is 5.75 Å². The minimum Gasteiger partial charge on any atom is -0.497 e. The first kappa shape index (κ1) is 24.7. The highest BCUT2D eigenvalue weighted by Gasteiger charge is 2.24. The van der Waals surface area contributed by atoms with Gasteiger partial charge in [0.15, 0.2) is 0 Å². The maximum atomic E-state index is 12.8. The van der Waals surface area contributed by atoms with Crippen LogP contribution in [0, 0.1) is 6.92 Å². The summed E-state index contributed by atoms with van der Waals surface area (Å²) < 4.78 is 37.1. The largest absolute Gasteiger partial charge is 0.497 e. The molecule has 31 heavy (non-hydrogen) atoms. The van der Waals surface area contributed by atoms with E-state index in [4.69, 9.17) is 9.47 Å². The van der Waals surface area contributed by atoms with Crippen LogP contribution in [0.15, 0.2) is 41.3 Å². The van der Waals surface area contributed by atoms with Crippen LogP contribution in [0.25, 0.3) is 0 Å². The molecule has 0 saturated heterocycles. The summed E-state index contributed by atoms with van der Waals surface area (Å²) in [6.07, 6.45) is 0. The number of ether oxygens (including phenoxy) is 2. The Hall–Kier alpha value is -2.58. The molecule has 0 heterocycles. The number of rotatable bonds is 9. The van der Waals surface area contributed by atoms with E-state index in [9.17, 15) is 13.2 Å². The molecule has 0 spiro atoms. The molecule has 7 nitrogen and oxygen atoms in total. The number of hydrogen-bond acceptors (Lipinski definition) is 5. The first-order valence-corrected chi connectivity index (χ1v) is 11.5. The molecule has 0 radical (unpaired) electrons. The lowest BCUT2D eigenvalue weighted by Gasteiger charge is -2.22. The Bertz CT molecular complexity index is 1020. The summed E-state index contributed by atoms with van der Waals surface area (Å²) in [5, 5.41) is 2.91. The predicted molar refractivity (Wildman–Crippen MR) is 121 cm³/mol. The maximum Gasteiger partial charge on any atom is 0.243 e. The van der Waals surface area contributed by atoms with Gasteiger partial charge < -0.3 is 14.8 Å². The molecule has 0 aliphatic carbocycles. The quantitative estimate of drug-likeness (QED) is 0.633. The van der Waals surface area contributed by atoms with Gasteiger partial charge in [0.1, 0.15) is 11.5 Å². The third kappa shape index (κ3) is 5.77. The number of methoxy groups -OCH3 is 2. The smallest absolute Gasteiger partial charge is 0.243 e. The average Bonchev–Trinajstić information content (AvgIpc) is 2.72. The Labute approximate surface area is 185 Å². The Morgan fingerprint density at radius 1 is 1.03 bits per heavy atom. The summed E-state index contributed by atoms with van der Waals surface area (Å²) in [5.74, 6) is 1.26. The van der Waals surface area contributed by atoms with E-state index in [-0.39, 0.29) is 29.3 Å². The van der Waals surface area contributed by atoms with Crippen molar-refractivity contribution in [1.82, 2.24) is 9.62 Å². The van der Waals surface area contributed by atoms with Gasteiger partial charge in [0, 0.05) is 7.05 Å². The molecule has 2 aromatic carbocycles. The Morgan fingerprint density at radius 3 is 2.16 bits per heavy atom. The predicted octanol–water partition coefficient (Wildman–Crippen LogP) is 3.63. The molecule has 0 fully saturated rings. The van der Waals surface area contributed by atoms with Gasteiger partial charge in [-0.3, -0.25) is 4.79 Å². The third-order valence-corrected chi connectivity index (χ3v) is 7.04. The van der Waals surface area contributed by atoms with Crippen molar-refractivity contribution in [2.45, 2.75) is 44.6 Å². The van der Waals surface area contributed by atoms with Crippen LogP contribution in [-0.2, 0) is 14.8 Å². The molecule has 8 heteroatoms. The SMILES string of the molecule is COc1ccc(S(=O)(=O)N(C)CC(=O)N[C@H](C)c2cc(C(C)C)c(OC)cc2C)cc1. The van der Waals surface area contributed by atoms with Crippen molar-refractivity contribution in [1.29, 1.82) is 0 Å². The van der Waals surface area contributed by atoms with Crippen molar-refractivity contribution in [2.75, 3.05) is 27.8 Å².